The lowest BCUT2D eigenvalue weighted by molar-refractivity contribution is -0.116. The lowest BCUT2D eigenvalue weighted by Crippen LogP contribution is -2.43. The molecule has 0 radical (unpaired) electrons. The Labute approximate surface area is 159 Å². The largest absolute Gasteiger partial charge is 0.376 e. The highest BCUT2D eigenvalue weighted by molar-refractivity contribution is 14.0. The first-order chi connectivity index (χ1) is 11.3. The van der Waals surface area contributed by atoms with Gasteiger partial charge in [0, 0.05) is 44.8 Å². The van der Waals surface area contributed by atoms with E-state index in [1.165, 1.54) is 5.56 Å². The fourth-order valence-electron chi connectivity index (χ4n) is 3.14. The van der Waals surface area contributed by atoms with Crippen LogP contribution in [0.2, 0.25) is 0 Å². The summed E-state index contributed by atoms with van der Waals surface area (Å²) < 4.78 is 5.60. The smallest absolute Gasteiger partial charge is 0.225 e. The summed E-state index contributed by atoms with van der Waals surface area (Å²) in [6.07, 6.45) is 2.99. The Morgan fingerprint density at radius 1 is 1.33 bits per heavy atom. The lowest BCUT2D eigenvalue weighted by Gasteiger charge is -2.26. The summed E-state index contributed by atoms with van der Waals surface area (Å²) in [7, 11) is 1.76. The standard InChI is InChI=1S/C17H24N4O2.HI/c1-18-17(20-11-13-5-4-8-23-13)19-10-12-9-16(22)21-15-7-3-2-6-14(12)15;/h2-3,6-7,12-13H,4-5,8-11H2,1H3,(H,21,22)(H2,18,19,20);1H. The summed E-state index contributed by atoms with van der Waals surface area (Å²) in [4.78, 5) is 16.1. The van der Waals surface area contributed by atoms with E-state index in [-0.39, 0.29) is 41.9 Å². The van der Waals surface area contributed by atoms with Crippen molar-refractivity contribution in [1.82, 2.24) is 10.6 Å². The monoisotopic (exact) mass is 444 g/mol. The van der Waals surface area contributed by atoms with Gasteiger partial charge in [-0.1, -0.05) is 18.2 Å². The van der Waals surface area contributed by atoms with Gasteiger partial charge in [-0.05, 0) is 24.5 Å². The number of aliphatic imine (C=N–C) groups is 1. The molecule has 0 saturated carbocycles. The predicted molar refractivity (Wildman–Crippen MR) is 106 cm³/mol. The van der Waals surface area contributed by atoms with Crippen LogP contribution in [0.1, 0.15) is 30.7 Å². The molecule has 2 unspecified atom stereocenters. The van der Waals surface area contributed by atoms with Gasteiger partial charge in [-0.15, -0.1) is 24.0 Å². The van der Waals surface area contributed by atoms with Crippen LogP contribution in [0.4, 0.5) is 5.69 Å². The van der Waals surface area contributed by atoms with Crippen molar-refractivity contribution < 1.29 is 9.53 Å². The van der Waals surface area contributed by atoms with Crippen LogP contribution in [-0.2, 0) is 9.53 Å². The summed E-state index contributed by atoms with van der Waals surface area (Å²) in [6, 6.07) is 7.97. The molecule has 2 aliphatic heterocycles. The number of halogens is 1. The van der Waals surface area contributed by atoms with E-state index in [0.717, 1.165) is 37.6 Å². The fourth-order valence-corrected chi connectivity index (χ4v) is 3.14. The molecule has 3 rings (SSSR count). The molecule has 1 aromatic rings. The maximum Gasteiger partial charge on any atom is 0.225 e. The predicted octanol–water partition coefficient (Wildman–Crippen LogP) is 2.07. The van der Waals surface area contributed by atoms with E-state index in [1.54, 1.807) is 7.05 Å². The molecule has 6 nitrogen and oxygen atoms in total. The number of anilines is 1. The number of carbonyl (C=O) groups excluding carboxylic acids is 1. The second-order valence-electron chi connectivity index (χ2n) is 6.01. The molecule has 24 heavy (non-hydrogen) atoms. The Morgan fingerprint density at radius 3 is 2.88 bits per heavy atom. The van der Waals surface area contributed by atoms with E-state index in [4.69, 9.17) is 4.74 Å². The number of ether oxygens (including phenoxy) is 1. The zero-order valence-electron chi connectivity index (χ0n) is 13.9. The Bertz CT molecular complexity index is 588. The summed E-state index contributed by atoms with van der Waals surface area (Å²) in [5.74, 6) is 0.975. The third-order valence-corrected chi connectivity index (χ3v) is 4.37. The molecular formula is C17H25IN4O2. The number of fused-ring (bicyclic) bond motifs is 1. The molecule has 0 aliphatic carbocycles. The number of benzene rings is 1. The number of nitrogens with zero attached hydrogens (tertiary/aromatic N) is 1. The van der Waals surface area contributed by atoms with E-state index in [2.05, 4.69) is 27.0 Å². The molecule has 1 saturated heterocycles. The molecule has 1 fully saturated rings. The Balaban J connectivity index is 0.00000208. The van der Waals surface area contributed by atoms with Gasteiger partial charge in [-0.25, -0.2) is 0 Å². The van der Waals surface area contributed by atoms with E-state index in [0.29, 0.717) is 13.0 Å². The molecule has 0 bridgehead atoms. The van der Waals surface area contributed by atoms with Crippen molar-refractivity contribution in [3.05, 3.63) is 29.8 Å². The van der Waals surface area contributed by atoms with Crippen LogP contribution < -0.4 is 16.0 Å². The number of hydrogen-bond donors (Lipinski definition) is 3. The number of para-hydroxylation sites is 1. The molecule has 2 aliphatic rings. The molecule has 0 spiro atoms. The number of rotatable bonds is 4. The van der Waals surface area contributed by atoms with Crippen molar-refractivity contribution in [3.63, 3.8) is 0 Å². The molecule has 1 aromatic carbocycles. The van der Waals surface area contributed by atoms with Crippen molar-refractivity contribution in [3.8, 4) is 0 Å². The molecular weight excluding hydrogens is 419 g/mol. The average molecular weight is 444 g/mol. The summed E-state index contributed by atoms with van der Waals surface area (Å²) in [5, 5.41) is 9.55. The first-order valence-corrected chi connectivity index (χ1v) is 8.21. The van der Waals surface area contributed by atoms with Gasteiger partial charge in [0.05, 0.1) is 6.10 Å². The van der Waals surface area contributed by atoms with E-state index >= 15 is 0 Å². The van der Waals surface area contributed by atoms with Crippen LogP contribution in [0.15, 0.2) is 29.3 Å². The maximum absolute atomic E-state index is 11.8. The number of amides is 1. The van der Waals surface area contributed by atoms with E-state index in [9.17, 15) is 4.79 Å². The van der Waals surface area contributed by atoms with Crippen molar-refractivity contribution >= 4 is 41.5 Å². The maximum atomic E-state index is 11.8. The van der Waals surface area contributed by atoms with Crippen molar-refractivity contribution in [2.45, 2.75) is 31.3 Å². The average Bonchev–Trinajstić information content (AvgIpc) is 3.08. The normalized spacial score (nSPS) is 23.0. The van der Waals surface area contributed by atoms with Crippen LogP contribution in [-0.4, -0.2) is 44.7 Å². The minimum atomic E-state index is 0. The Morgan fingerprint density at radius 2 is 2.12 bits per heavy atom. The first kappa shape index (κ1) is 19.0. The third kappa shape index (κ3) is 4.83. The first-order valence-electron chi connectivity index (χ1n) is 8.21. The highest BCUT2D eigenvalue weighted by Gasteiger charge is 2.24. The molecule has 2 atom stereocenters. The summed E-state index contributed by atoms with van der Waals surface area (Å²) in [5.41, 5.74) is 2.09. The van der Waals surface area contributed by atoms with Crippen molar-refractivity contribution in [1.29, 1.82) is 0 Å². The minimum absolute atomic E-state index is 0. The number of carbonyl (C=O) groups is 1. The van der Waals surface area contributed by atoms with Gasteiger partial charge in [0.25, 0.3) is 0 Å². The molecule has 7 heteroatoms. The highest BCUT2D eigenvalue weighted by Crippen LogP contribution is 2.31. The molecule has 132 valence electrons. The molecule has 0 aromatic heterocycles. The summed E-state index contributed by atoms with van der Waals surface area (Å²) >= 11 is 0. The van der Waals surface area contributed by atoms with Crippen molar-refractivity contribution in [2.75, 3.05) is 32.1 Å². The highest BCUT2D eigenvalue weighted by atomic mass is 127. The van der Waals surface area contributed by atoms with Crippen LogP contribution in [0.25, 0.3) is 0 Å². The van der Waals surface area contributed by atoms with E-state index < -0.39 is 0 Å². The van der Waals surface area contributed by atoms with Gasteiger partial charge in [-0.2, -0.15) is 0 Å². The fraction of sp³-hybridized carbons (Fsp3) is 0.529. The van der Waals surface area contributed by atoms with Crippen LogP contribution in [0.5, 0.6) is 0 Å². The van der Waals surface area contributed by atoms with Gasteiger partial charge in [0.1, 0.15) is 0 Å². The van der Waals surface area contributed by atoms with Gasteiger partial charge >= 0.3 is 0 Å². The Kier molecular flexibility index (Phi) is 7.29. The lowest BCUT2D eigenvalue weighted by atomic mass is 9.90. The van der Waals surface area contributed by atoms with Crippen LogP contribution in [0, 0.1) is 0 Å². The van der Waals surface area contributed by atoms with Crippen LogP contribution in [0.3, 0.4) is 0 Å². The SMILES string of the molecule is CN=C(NCC1CCCO1)NCC1CC(=O)Nc2ccccc21.I. The third-order valence-electron chi connectivity index (χ3n) is 4.37. The number of hydrogen-bond acceptors (Lipinski definition) is 3. The minimum Gasteiger partial charge on any atom is -0.376 e. The topological polar surface area (TPSA) is 74.8 Å². The quantitative estimate of drug-likeness (QED) is 0.378. The van der Waals surface area contributed by atoms with Gasteiger partial charge in [-0.3, -0.25) is 9.79 Å². The molecule has 3 N–H and O–H groups in total. The summed E-state index contributed by atoms with van der Waals surface area (Å²) in [6.45, 7) is 2.30. The second kappa shape index (κ2) is 9.22. The van der Waals surface area contributed by atoms with Gasteiger partial charge < -0.3 is 20.7 Å². The van der Waals surface area contributed by atoms with Gasteiger partial charge in [0.15, 0.2) is 5.96 Å². The zero-order valence-corrected chi connectivity index (χ0v) is 16.2. The zero-order chi connectivity index (χ0) is 16.1. The Hall–Kier alpha value is -1.35. The second-order valence-corrected chi connectivity index (χ2v) is 6.01. The van der Waals surface area contributed by atoms with Gasteiger partial charge in [0.2, 0.25) is 5.91 Å². The van der Waals surface area contributed by atoms with Crippen molar-refractivity contribution in [2.24, 2.45) is 4.99 Å². The van der Waals surface area contributed by atoms with E-state index in [1.807, 2.05) is 18.2 Å². The van der Waals surface area contributed by atoms with Crippen LogP contribution >= 0.6 is 24.0 Å². The molecule has 2 heterocycles. The number of guanidine groups is 1. The number of nitrogens with one attached hydrogen (secondary N) is 3. The molecule has 1 amide bonds.